The number of hydrogen-bond acceptors (Lipinski definition) is 4. The minimum absolute atomic E-state index is 0.237. The van der Waals surface area contributed by atoms with Gasteiger partial charge >= 0.3 is 0 Å². The Labute approximate surface area is 121 Å². The standard InChI is InChI=1S/C15H27N5/c1-11(2)9-15(6-3-4-7-15)13-17-14(19-18-13)20-8-5-12(16)10-20/h11-12H,3-10,16H2,1-2H3,(H,17,18,19). The second kappa shape index (κ2) is 5.35. The van der Waals surface area contributed by atoms with E-state index in [1.165, 1.54) is 32.1 Å². The summed E-state index contributed by atoms with van der Waals surface area (Å²) in [6, 6.07) is 0.271. The van der Waals surface area contributed by atoms with Gasteiger partial charge in [0.25, 0.3) is 0 Å². The van der Waals surface area contributed by atoms with Crippen molar-refractivity contribution in [1.29, 1.82) is 0 Å². The average molecular weight is 277 g/mol. The molecule has 1 aromatic heterocycles. The fourth-order valence-electron chi connectivity index (χ4n) is 3.97. The van der Waals surface area contributed by atoms with Crippen molar-refractivity contribution >= 4 is 5.95 Å². The summed E-state index contributed by atoms with van der Waals surface area (Å²) in [6.45, 7) is 6.47. The van der Waals surface area contributed by atoms with Gasteiger partial charge < -0.3 is 10.6 Å². The van der Waals surface area contributed by atoms with Crippen LogP contribution in [0.2, 0.25) is 0 Å². The molecule has 1 aliphatic carbocycles. The van der Waals surface area contributed by atoms with Gasteiger partial charge in [0, 0.05) is 24.5 Å². The van der Waals surface area contributed by atoms with Crippen LogP contribution < -0.4 is 10.6 Å². The molecule has 5 heteroatoms. The maximum Gasteiger partial charge on any atom is 0.244 e. The van der Waals surface area contributed by atoms with Gasteiger partial charge in [-0.3, -0.25) is 5.10 Å². The Morgan fingerprint density at radius 1 is 1.40 bits per heavy atom. The average Bonchev–Trinajstić information content (AvgIpc) is 3.06. The fraction of sp³-hybridized carbons (Fsp3) is 0.867. The van der Waals surface area contributed by atoms with Crippen molar-refractivity contribution in [2.75, 3.05) is 18.0 Å². The number of H-pyrrole nitrogens is 1. The molecule has 0 radical (unpaired) electrons. The van der Waals surface area contributed by atoms with Gasteiger partial charge in [0.1, 0.15) is 5.82 Å². The number of hydrogen-bond donors (Lipinski definition) is 2. The predicted molar refractivity (Wildman–Crippen MR) is 80.8 cm³/mol. The molecule has 2 fully saturated rings. The van der Waals surface area contributed by atoms with Crippen molar-refractivity contribution in [3.8, 4) is 0 Å². The minimum Gasteiger partial charge on any atom is -0.338 e. The highest BCUT2D eigenvalue weighted by Crippen LogP contribution is 2.44. The summed E-state index contributed by atoms with van der Waals surface area (Å²) in [5.74, 6) is 2.66. The molecule has 0 spiro atoms. The molecule has 1 saturated carbocycles. The van der Waals surface area contributed by atoms with Crippen LogP contribution in [0.5, 0.6) is 0 Å². The zero-order valence-corrected chi connectivity index (χ0v) is 12.7. The van der Waals surface area contributed by atoms with Crippen molar-refractivity contribution in [2.24, 2.45) is 11.7 Å². The van der Waals surface area contributed by atoms with E-state index in [-0.39, 0.29) is 11.5 Å². The number of rotatable bonds is 4. The van der Waals surface area contributed by atoms with Crippen LogP contribution in [0.15, 0.2) is 0 Å². The van der Waals surface area contributed by atoms with Gasteiger partial charge in [0.2, 0.25) is 5.95 Å². The van der Waals surface area contributed by atoms with Crippen LogP contribution in [0.3, 0.4) is 0 Å². The third-order valence-corrected chi connectivity index (χ3v) is 4.84. The fourth-order valence-corrected chi connectivity index (χ4v) is 3.97. The van der Waals surface area contributed by atoms with Gasteiger partial charge in [0.15, 0.2) is 0 Å². The highest BCUT2D eigenvalue weighted by molar-refractivity contribution is 5.32. The SMILES string of the molecule is CC(C)CC1(c2nc(N3CCC(N)C3)n[nH]2)CCCC1. The Hall–Kier alpha value is -1.10. The Kier molecular flexibility index (Phi) is 3.71. The van der Waals surface area contributed by atoms with Crippen LogP contribution in [-0.2, 0) is 5.41 Å². The molecule has 5 nitrogen and oxygen atoms in total. The van der Waals surface area contributed by atoms with E-state index < -0.39 is 0 Å². The Morgan fingerprint density at radius 2 is 2.15 bits per heavy atom. The molecule has 1 aliphatic heterocycles. The van der Waals surface area contributed by atoms with Crippen LogP contribution in [0, 0.1) is 5.92 Å². The first-order chi connectivity index (χ1) is 9.59. The number of nitrogens with one attached hydrogen (secondary N) is 1. The van der Waals surface area contributed by atoms with E-state index in [2.05, 4.69) is 28.9 Å². The molecular formula is C15H27N5. The predicted octanol–water partition coefficient (Wildman–Crippen LogP) is 2.20. The van der Waals surface area contributed by atoms with E-state index in [9.17, 15) is 0 Å². The molecule has 3 N–H and O–H groups in total. The van der Waals surface area contributed by atoms with Gasteiger partial charge in [0.05, 0.1) is 0 Å². The monoisotopic (exact) mass is 277 g/mol. The quantitative estimate of drug-likeness (QED) is 0.885. The van der Waals surface area contributed by atoms with E-state index >= 15 is 0 Å². The summed E-state index contributed by atoms with van der Waals surface area (Å²) < 4.78 is 0. The van der Waals surface area contributed by atoms with Crippen LogP contribution in [0.4, 0.5) is 5.95 Å². The van der Waals surface area contributed by atoms with E-state index in [1.54, 1.807) is 0 Å². The van der Waals surface area contributed by atoms with Gasteiger partial charge in [-0.2, -0.15) is 4.98 Å². The van der Waals surface area contributed by atoms with E-state index in [0.717, 1.165) is 31.3 Å². The van der Waals surface area contributed by atoms with Gasteiger partial charge in [-0.1, -0.05) is 26.7 Å². The van der Waals surface area contributed by atoms with Gasteiger partial charge in [-0.25, -0.2) is 0 Å². The molecular weight excluding hydrogens is 250 g/mol. The third kappa shape index (κ3) is 2.55. The van der Waals surface area contributed by atoms with Crippen LogP contribution in [0.25, 0.3) is 0 Å². The molecule has 2 heterocycles. The lowest BCUT2D eigenvalue weighted by molar-refractivity contribution is 0.330. The van der Waals surface area contributed by atoms with Crippen LogP contribution in [-0.4, -0.2) is 34.3 Å². The van der Waals surface area contributed by atoms with Crippen molar-refractivity contribution < 1.29 is 0 Å². The number of aromatic amines is 1. The first-order valence-electron chi connectivity index (χ1n) is 8.02. The second-order valence-corrected chi connectivity index (χ2v) is 7.06. The first kappa shape index (κ1) is 13.9. The zero-order valence-electron chi connectivity index (χ0n) is 12.7. The largest absolute Gasteiger partial charge is 0.338 e. The summed E-state index contributed by atoms with van der Waals surface area (Å²) in [6.07, 6.45) is 7.38. The number of nitrogens with two attached hydrogens (primary N) is 1. The van der Waals surface area contributed by atoms with E-state index in [0.29, 0.717) is 5.92 Å². The maximum absolute atomic E-state index is 5.98. The summed E-state index contributed by atoms with van der Waals surface area (Å²) in [5.41, 5.74) is 6.21. The summed E-state index contributed by atoms with van der Waals surface area (Å²) in [5, 5.41) is 7.71. The second-order valence-electron chi connectivity index (χ2n) is 7.06. The highest BCUT2D eigenvalue weighted by atomic mass is 15.4. The number of nitrogens with zero attached hydrogens (tertiary/aromatic N) is 3. The Balaban J connectivity index is 1.80. The molecule has 1 aromatic rings. The van der Waals surface area contributed by atoms with Crippen molar-refractivity contribution in [2.45, 2.75) is 63.8 Å². The first-order valence-corrected chi connectivity index (χ1v) is 8.02. The minimum atomic E-state index is 0.237. The summed E-state index contributed by atoms with van der Waals surface area (Å²) >= 11 is 0. The normalized spacial score (nSPS) is 25.8. The van der Waals surface area contributed by atoms with Gasteiger partial charge in [-0.05, 0) is 31.6 Å². The Morgan fingerprint density at radius 3 is 2.75 bits per heavy atom. The Bertz CT molecular complexity index is 447. The molecule has 1 saturated heterocycles. The lowest BCUT2D eigenvalue weighted by atomic mass is 9.78. The topological polar surface area (TPSA) is 70.8 Å². The molecule has 1 atom stereocenters. The van der Waals surface area contributed by atoms with Crippen molar-refractivity contribution in [3.63, 3.8) is 0 Å². The van der Waals surface area contributed by atoms with Crippen molar-refractivity contribution in [3.05, 3.63) is 5.82 Å². The summed E-state index contributed by atoms with van der Waals surface area (Å²) in [7, 11) is 0. The maximum atomic E-state index is 5.98. The van der Waals surface area contributed by atoms with Gasteiger partial charge in [-0.15, -0.1) is 5.10 Å². The molecule has 0 amide bonds. The smallest absolute Gasteiger partial charge is 0.244 e. The molecule has 1 unspecified atom stereocenters. The van der Waals surface area contributed by atoms with E-state index in [1.807, 2.05) is 0 Å². The molecule has 112 valence electrons. The molecule has 20 heavy (non-hydrogen) atoms. The molecule has 0 aromatic carbocycles. The molecule has 0 bridgehead atoms. The number of anilines is 1. The summed E-state index contributed by atoms with van der Waals surface area (Å²) in [4.78, 5) is 7.05. The highest BCUT2D eigenvalue weighted by Gasteiger charge is 2.39. The van der Waals surface area contributed by atoms with Crippen LogP contribution in [0.1, 0.15) is 58.2 Å². The number of aromatic nitrogens is 3. The van der Waals surface area contributed by atoms with E-state index in [4.69, 9.17) is 10.7 Å². The van der Waals surface area contributed by atoms with Crippen molar-refractivity contribution in [1.82, 2.24) is 15.2 Å². The molecule has 3 rings (SSSR count). The molecule has 2 aliphatic rings. The lowest BCUT2D eigenvalue weighted by Gasteiger charge is -2.28. The lowest BCUT2D eigenvalue weighted by Crippen LogP contribution is -2.28. The zero-order chi connectivity index (χ0) is 14.2. The van der Waals surface area contributed by atoms with Crippen LogP contribution >= 0.6 is 0 Å². The third-order valence-electron chi connectivity index (χ3n) is 4.84.